The highest BCUT2D eigenvalue weighted by Gasteiger charge is 2.17. The van der Waals surface area contributed by atoms with E-state index in [-0.39, 0.29) is 11.6 Å². The molecular weight excluding hydrogens is 207 g/mol. The van der Waals surface area contributed by atoms with Crippen LogP contribution in [0.25, 0.3) is 0 Å². The Balaban J connectivity index is 1.78. The maximum Gasteiger partial charge on any atom is 0.269 e. The second-order valence-corrected chi connectivity index (χ2v) is 4.19. The highest BCUT2D eigenvalue weighted by atomic mass is 19.1. The van der Waals surface area contributed by atoms with Gasteiger partial charge in [-0.15, -0.1) is 0 Å². The lowest BCUT2D eigenvalue weighted by atomic mass is 9.83. The van der Waals surface area contributed by atoms with Gasteiger partial charge in [-0.05, 0) is 24.5 Å². The molecule has 0 radical (unpaired) electrons. The molecule has 0 atom stereocenters. The van der Waals surface area contributed by atoms with Crippen molar-refractivity contribution in [1.82, 2.24) is 10.3 Å². The number of rotatable bonds is 4. The van der Waals surface area contributed by atoms with Crippen molar-refractivity contribution < 1.29 is 9.18 Å². The van der Waals surface area contributed by atoms with Crippen LogP contribution in [0.4, 0.5) is 4.39 Å². The topological polar surface area (TPSA) is 42.0 Å². The third kappa shape index (κ3) is 2.78. The van der Waals surface area contributed by atoms with Gasteiger partial charge in [0.1, 0.15) is 5.69 Å². The molecule has 0 bridgehead atoms. The van der Waals surface area contributed by atoms with Gasteiger partial charge in [0.25, 0.3) is 5.91 Å². The number of halogens is 1. The van der Waals surface area contributed by atoms with Crippen LogP contribution < -0.4 is 5.32 Å². The number of hydrogen-bond acceptors (Lipinski definition) is 2. The summed E-state index contributed by atoms with van der Waals surface area (Å²) in [6.07, 6.45) is 4.87. The lowest BCUT2D eigenvalue weighted by Gasteiger charge is -2.25. The van der Waals surface area contributed by atoms with E-state index in [0.29, 0.717) is 6.54 Å². The third-order valence-electron chi connectivity index (χ3n) is 3.01. The highest BCUT2D eigenvalue weighted by molar-refractivity contribution is 5.92. The molecule has 2 rings (SSSR count). The van der Waals surface area contributed by atoms with E-state index in [0.717, 1.165) is 12.3 Å². The van der Waals surface area contributed by atoms with E-state index in [1.807, 2.05) is 0 Å². The van der Waals surface area contributed by atoms with Crippen molar-refractivity contribution >= 4 is 5.91 Å². The van der Waals surface area contributed by atoms with Gasteiger partial charge in [0.15, 0.2) is 0 Å². The van der Waals surface area contributed by atoms with Gasteiger partial charge >= 0.3 is 0 Å². The Morgan fingerprint density at radius 2 is 2.31 bits per heavy atom. The number of pyridine rings is 1. The van der Waals surface area contributed by atoms with Gasteiger partial charge < -0.3 is 5.32 Å². The molecule has 1 aromatic heterocycles. The average Bonchev–Trinajstić information content (AvgIpc) is 2.21. The largest absolute Gasteiger partial charge is 0.351 e. The van der Waals surface area contributed by atoms with Crippen molar-refractivity contribution in [2.75, 3.05) is 6.54 Å². The summed E-state index contributed by atoms with van der Waals surface area (Å²) in [6, 6.07) is 4.23. The monoisotopic (exact) mass is 222 g/mol. The smallest absolute Gasteiger partial charge is 0.269 e. The standard InChI is InChI=1S/C12H15FN2O/c13-11-6-2-5-10(15-11)12(16)14-8-7-9-3-1-4-9/h2,5-6,9H,1,3-4,7-8H2,(H,14,16). The lowest BCUT2D eigenvalue weighted by molar-refractivity contribution is 0.0943. The number of carbonyl (C=O) groups excluding carboxylic acids is 1. The molecule has 1 aliphatic carbocycles. The quantitative estimate of drug-likeness (QED) is 0.793. The second kappa shape index (κ2) is 5.05. The first-order valence-electron chi connectivity index (χ1n) is 5.66. The summed E-state index contributed by atoms with van der Waals surface area (Å²) in [6.45, 7) is 0.654. The van der Waals surface area contributed by atoms with Crippen LogP contribution in [0.15, 0.2) is 18.2 Å². The summed E-state index contributed by atoms with van der Waals surface area (Å²) in [7, 11) is 0. The molecule has 0 spiro atoms. The molecule has 0 saturated heterocycles. The summed E-state index contributed by atoms with van der Waals surface area (Å²) in [5, 5.41) is 2.76. The molecule has 1 saturated carbocycles. The van der Waals surface area contributed by atoms with E-state index in [2.05, 4.69) is 10.3 Å². The van der Waals surface area contributed by atoms with Gasteiger partial charge in [-0.25, -0.2) is 4.98 Å². The predicted octanol–water partition coefficient (Wildman–Crippen LogP) is 2.14. The van der Waals surface area contributed by atoms with Crippen LogP contribution in [0.1, 0.15) is 36.2 Å². The molecule has 3 nitrogen and oxygen atoms in total. The zero-order valence-corrected chi connectivity index (χ0v) is 9.08. The third-order valence-corrected chi connectivity index (χ3v) is 3.01. The molecule has 0 unspecified atom stereocenters. The zero-order valence-electron chi connectivity index (χ0n) is 9.08. The van der Waals surface area contributed by atoms with Gasteiger partial charge in [0.2, 0.25) is 5.95 Å². The first-order chi connectivity index (χ1) is 7.75. The molecule has 1 aliphatic rings. The van der Waals surface area contributed by atoms with Crippen molar-refractivity contribution in [2.24, 2.45) is 5.92 Å². The number of hydrogen-bond donors (Lipinski definition) is 1. The van der Waals surface area contributed by atoms with Crippen molar-refractivity contribution in [3.8, 4) is 0 Å². The molecule has 1 aromatic rings. The Labute approximate surface area is 94.1 Å². The van der Waals surface area contributed by atoms with E-state index in [4.69, 9.17) is 0 Å². The molecule has 86 valence electrons. The summed E-state index contributed by atoms with van der Waals surface area (Å²) in [4.78, 5) is 15.1. The van der Waals surface area contributed by atoms with Crippen LogP contribution in [-0.2, 0) is 0 Å². The summed E-state index contributed by atoms with van der Waals surface area (Å²) < 4.78 is 12.8. The summed E-state index contributed by atoms with van der Waals surface area (Å²) in [5.74, 6) is -0.147. The minimum absolute atomic E-state index is 0.147. The normalized spacial score (nSPS) is 15.6. The number of nitrogens with one attached hydrogen (secondary N) is 1. The van der Waals surface area contributed by atoms with Gasteiger partial charge in [-0.3, -0.25) is 4.79 Å². The molecule has 1 N–H and O–H groups in total. The van der Waals surface area contributed by atoms with Gasteiger partial charge in [-0.2, -0.15) is 4.39 Å². The SMILES string of the molecule is O=C(NCCC1CCC1)c1cccc(F)n1. The van der Waals surface area contributed by atoms with E-state index in [9.17, 15) is 9.18 Å². The fourth-order valence-electron chi connectivity index (χ4n) is 1.80. The van der Waals surface area contributed by atoms with Gasteiger partial charge in [0.05, 0.1) is 0 Å². The van der Waals surface area contributed by atoms with Crippen molar-refractivity contribution in [1.29, 1.82) is 0 Å². The molecule has 16 heavy (non-hydrogen) atoms. The molecule has 1 fully saturated rings. The molecule has 1 heterocycles. The maximum atomic E-state index is 12.8. The molecular formula is C12H15FN2O. The fraction of sp³-hybridized carbons (Fsp3) is 0.500. The average molecular weight is 222 g/mol. The second-order valence-electron chi connectivity index (χ2n) is 4.19. The molecule has 0 aromatic carbocycles. The Hall–Kier alpha value is -1.45. The maximum absolute atomic E-state index is 12.8. The van der Waals surface area contributed by atoms with E-state index < -0.39 is 5.95 Å². The Morgan fingerprint density at radius 3 is 2.94 bits per heavy atom. The van der Waals surface area contributed by atoms with Crippen molar-refractivity contribution in [3.05, 3.63) is 29.8 Å². The van der Waals surface area contributed by atoms with Crippen LogP contribution in [0.5, 0.6) is 0 Å². The number of aromatic nitrogens is 1. The highest BCUT2D eigenvalue weighted by Crippen LogP contribution is 2.28. The number of carbonyl (C=O) groups is 1. The Kier molecular flexibility index (Phi) is 3.49. The molecule has 0 aliphatic heterocycles. The number of nitrogens with zero attached hydrogens (tertiary/aromatic N) is 1. The van der Waals surface area contributed by atoms with E-state index >= 15 is 0 Å². The Bertz CT molecular complexity index is 377. The lowest BCUT2D eigenvalue weighted by Crippen LogP contribution is -2.28. The first-order valence-corrected chi connectivity index (χ1v) is 5.66. The zero-order chi connectivity index (χ0) is 11.4. The predicted molar refractivity (Wildman–Crippen MR) is 58.5 cm³/mol. The minimum Gasteiger partial charge on any atom is -0.351 e. The van der Waals surface area contributed by atoms with Gasteiger partial charge in [0, 0.05) is 6.54 Å². The number of amides is 1. The van der Waals surface area contributed by atoms with E-state index in [1.165, 1.54) is 37.5 Å². The van der Waals surface area contributed by atoms with E-state index in [1.54, 1.807) is 0 Å². The van der Waals surface area contributed by atoms with Crippen molar-refractivity contribution in [2.45, 2.75) is 25.7 Å². The minimum atomic E-state index is -0.619. The van der Waals surface area contributed by atoms with Crippen LogP contribution in [0.3, 0.4) is 0 Å². The summed E-state index contributed by atoms with van der Waals surface area (Å²) in [5.41, 5.74) is 0.147. The molecule has 1 amide bonds. The van der Waals surface area contributed by atoms with Gasteiger partial charge in [-0.1, -0.05) is 25.3 Å². The van der Waals surface area contributed by atoms with Crippen LogP contribution in [0, 0.1) is 11.9 Å². The first kappa shape index (κ1) is 11.0. The Morgan fingerprint density at radius 1 is 1.50 bits per heavy atom. The van der Waals surface area contributed by atoms with Crippen LogP contribution in [0.2, 0.25) is 0 Å². The summed E-state index contributed by atoms with van der Waals surface area (Å²) >= 11 is 0. The molecule has 4 heteroatoms. The van der Waals surface area contributed by atoms with Crippen LogP contribution >= 0.6 is 0 Å². The fourth-order valence-corrected chi connectivity index (χ4v) is 1.80. The van der Waals surface area contributed by atoms with Crippen molar-refractivity contribution in [3.63, 3.8) is 0 Å². The van der Waals surface area contributed by atoms with Crippen LogP contribution in [-0.4, -0.2) is 17.4 Å².